The number of carbonyl (C=O) groups is 6. The molecule has 2 heterocycles. The lowest BCUT2D eigenvalue weighted by atomic mass is 10.1. The van der Waals surface area contributed by atoms with Crippen molar-refractivity contribution in [2.24, 2.45) is 0 Å². The third-order valence-corrected chi connectivity index (χ3v) is 9.97. The summed E-state index contributed by atoms with van der Waals surface area (Å²) in [5.41, 5.74) is 0.802. The lowest BCUT2D eigenvalue weighted by molar-refractivity contribution is -0.138. The second-order valence-corrected chi connectivity index (χ2v) is 11.4. The van der Waals surface area contributed by atoms with E-state index in [1.54, 1.807) is 0 Å². The number of hydrogen-bond donors (Lipinski definition) is 0. The van der Waals surface area contributed by atoms with Crippen LogP contribution in [0.4, 0.5) is 0 Å². The molecule has 0 saturated heterocycles. The van der Waals surface area contributed by atoms with E-state index in [-0.39, 0.29) is 19.6 Å². The van der Waals surface area contributed by atoms with Crippen molar-refractivity contribution in [3.05, 3.63) is 39.2 Å². The Labute approximate surface area is 224 Å². The first-order chi connectivity index (χ1) is 17.3. The molecular formula is C22H22O10S4. The fourth-order valence-electron chi connectivity index (χ4n) is 2.82. The summed E-state index contributed by atoms with van der Waals surface area (Å²) < 4.78 is 19.8. The van der Waals surface area contributed by atoms with Crippen molar-refractivity contribution in [3.63, 3.8) is 0 Å². The molecular weight excluding hydrogens is 553 g/mol. The summed E-state index contributed by atoms with van der Waals surface area (Å²) >= 11 is 3.91. The van der Waals surface area contributed by atoms with E-state index >= 15 is 0 Å². The highest BCUT2D eigenvalue weighted by Gasteiger charge is 2.35. The fraction of sp³-hybridized carbons (Fsp3) is 0.364. The highest BCUT2D eigenvalue weighted by molar-refractivity contribution is 8.29. The molecule has 2 aliphatic heterocycles. The van der Waals surface area contributed by atoms with Crippen molar-refractivity contribution in [3.8, 4) is 0 Å². The van der Waals surface area contributed by atoms with Gasteiger partial charge >= 0.3 is 23.9 Å². The number of aldehydes is 2. The van der Waals surface area contributed by atoms with Crippen molar-refractivity contribution >= 4 is 83.5 Å². The zero-order valence-electron chi connectivity index (χ0n) is 19.7. The summed E-state index contributed by atoms with van der Waals surface area (Å²) in [4.78, 5) is 71.8. The summed E-state index contributed by atoms with van der Waals surface area (Å²) in [6, 6.07) is 0. The van der Waals surface area contributed by atoms with E-state index in [4.69, 9.17) is 18.9 Å². The Morgan fingerprint density at radius 3 is 1.00 bits per heavy atom. The van der Waals surface area contributed by atoms with Crippen LogP contribution in [0.2, 0.25) is 0 Å². The maximum atomic E-state index is 12.0. The van der Waals surface area contributed by atoms with Crippen LogP contribution < -0.4 is 0 Å². The summed E-state index contributed by atoms with van der Waals surface area (Å²) in [5, 5.41) is 0. The Balaban J connectivity index is 2.08. The van der Waals surface area contributed by atoms with E-state index in [1.807, 2.05) is 0 Å². The van der Waals surface area contributed by atoms with Crippen molar-refractivity contribution in [2.75, 3.05) is 28.4 Å². The monoisotopic (exact) mass is 574 g/mol. The second-order valence-electron chi connectivity index (χ2n) is 6.76. The van der Waals surface area contributed by atoms with Crippen LogP contribution in [-0.4, -0.2) is 64.9 Å². The van der Waals surface area contributed by atoms with Gasteiger partial charge < -0.3 is 18.9 Å². The van der Waals surface area contributed by atoms with Crippen molar-refractivity contribution in [1.29, 1.82) is 0 Å². The van der Waals surface area contributed by atoms with Crippen LogP contribution in [0, 0.1) is 0 Å². The first-order valence-electron chi connectivity index (χ1n) is 10.2. The van der Waals surface area contributed by atoms with Crippen LogP contribution in [0.1, 0.15) is 25.7 Å². The van der Waals surface area contributed by atoms with Gasteiger partial charge in [-0.15, -0.1) is 0 Å². The Morgan fingerprint density at radius 2 is 0.806 bits per heavy atom. The molecule has 0 unspecified atom stereocenters. The quantitative estimate of drug-likeness (QED) is 0.117. The molecule has 0 fully saturated rings. The number of rotatable bonds is 11. The average molecular weight is 575 g/mol. The normalized spacial score (nSPS) is 15.0. The molecule has 194 valence electrons. The highest BCUT2D eigenvalue weighted by Crippen LogP contribution is 2.52. The summed E-state index contributed by atoms with van der Waals surface area (Å²) in [6.45, 7) is 0. The van der Waals surface area contributed by atoms with Gasteiger partial charge in [-0.1, -0.05) is 47.0 Å². The fourth-order valence-corrected chi connectivity index (χ4v) is 7.89. The average Bonchev–Trinajstić information content (AvgIpc) is 3.54. The van der Waals surface area contributed by atoms with E-state index in [0.29, 0.717) is 57.9 Å². The Kier molecular flexibility index (Phi) is 11.9. The second kappa shape index (κ2) is 14.4. The molecule has 10 nitrogen and oxygen atoms in total. The van der Waals surface area contributed by atoms with Gasteiger partial charge in [-0.2, -0.15) is 0 Å². The first kappa shape index (κ1) is 29.8. The highest BCUT2D eigenvalue weighted by atomic mass is 32.2. The molecule has 0 aromatic rings. The van der Waals surface area contributed by atoms with E-state index in [2.05, 4.69) is 0 Å². The van der Waals surface area contributed by atoms with Gasteiger partial charge in [0.25, 0.3) is 0 Å². The van der Waals surface area contributed by atoms with E-state index in [1.165, 1.54) is 28.4 Å². The van der Waals surface area contributed by atoms with Crippen molar-refractivity contribution < 1.29 is 47.7 Å². The topological polar surface area (TPSA) is 139 Å². The smallest absolute Gasteiger partial charge is 0.346 e. The predicted molar refractivity (Wildman–Crippen MR) is 137 cm³/mol. The van der Waals surface area contributed by atoms with E-state index in [9.17, 15) is 28.8 Å². The molecule has 0 aromatic carbocycles. The van der Waals surface area contributed by atoms with Crippen molar-refractivity contribution in [1.82, 2.24) is 0 Å². The molecule has 0 bridgehead atoms. The van der Waals surface area contributed by atoms with Gasteiger partial charge in [-0.25, -0.2) is 19.2 Å². The number of methoxy groups -OCH3 is 4. The number of thioether (sulfide) groups is 4. The zero-order valence-corrected chi connectivity index (χ0v) is 23.0. The first-order valence-corrected chi connectivity index (χ1v) is 13.4. The molecule has 0 spiro atoms. The molecule has 0 aromatic heterocycles. The Morgan fingerprint density at radius 1 is 0.556 bits per heavy atom. The molecule has 0 amide bonds. The summed E-state index contributed by atoms with van der Waals surface area (Å²) in [5.74, 6) is -2.80. The standard InChI is InChI=1S/C22H22O10S4/c1-29-17(25)13-14(18(26)30-2)34-21(33-13)11(9-23)7-5-6-8-12(10-24)22-35-15(19(27)31-3)16(36-22)20(28)32-4/h9-10H,5-8H2,1-4H3. The third kappa shape index (κ3) is 7.08. The third-order valence-electron chi connectivity index (χ3n) is 4.63. The van der Waals surface area contributed by atoms with Gasteiger partial charge in [0.05, 0.1) is 36.9 Å². The maximum absolute atomic E-state index is 12.0. The number of hydrogen-bond acceptors (Lipinski definition) is 14. The van der Waals surface area contributed by atoms with E-state index < -0.39 is 23.9 Å². The van der Waals surface area contributed by atoms with Gasteiger partial charge in [-0.3, -0.25) is 9.59 Å². The van der Waals surface area contributed by atoms with Gasteiger partial charge in [0.15, 0.2) is 0 Å². The van der Waals surface area contributed by atoms with Crippen LogP contribution in [0.5, 0.6) is 0 Å². The molecule has 0 N–H and O–H groups in total. The van der Waals surface area contributed by atoms with E-state index in [0.717, 1.165) is 47.0 Å². The molecule has 36 heavy (non-hydrogen) atoms. The van der Waals surface area contributed by atoms with Crippen molar-refractivity contribution in [2.45, 2.75) is 25.7 Å². The predicted octanol–water partition coefficient (Wildman–Crippen LogP) is 3.44. The largest absolute Gasteiger partial charge is 0.465 e. The minimum Gasteiger partial charge on any atom is -0.465 e. The lowest BCUT2D eigenvalue weighted by Crippen LogP contribution is -2.08. The van der Waals surface area contributed by atoms with Gasteiger partial charge in [-0.05, 0) is 25.7 Å². The Bertz CT molecular complexity index is 954. The number of allylic oxidation sites excluding steroid dienone is 2. The minimum atomic E-state index is -0.701. The van der Waals surface area contributed by atoms with Crippen LogP contribution in [-0.2, 0) is 47.7 Å². The number of carbonyl (C=O) groups excluding carboxylic acids is 6. The van der Waals surface area contributed by atoms with Gasteiger partial charge in [0, 0.05) is 11.1 Å². The Hall–Kier alpha value is -2.42. The maximum Gasteiger partial charge on any atom is 0.346 e. The summed E-state index contributed by atoms with van der Waals surface area (Å²) in [6.07, 6.45) is 3.04. The number of ether oxygens (including phenoxy) is 4. The number of unbranched alkanes of at least 4 members (excludes halogenated alkanes) is 1. The van der Waals surface area contributed by atoms with Crippen LogP contribution in [0.25, 0.3) is 0 Å². The summed E-state index contributed by atoms with van der Waals surface area (Å²) in [7, 11) is 4.76. The van der Waals surface area contributed by atoms with Crippen LogP contribution in [0.15, 0.2) is 39.2 Å². The van der Waals surface area contributed by atoms with Gasteiger partial charge in [0.2, 0.25) is 0 Å². The molecule has 0 saturated carbocycles. The van der Waals surface area contributed by atoms with Crippen LogP contribution >= 0.6 is 47.0 Å². The minimum absolute atomic E-state index is 0.0577. The lowest BCUT2D eigenvalue weighted by Gasteiger charge is -2.07. The molecule has 0 radical (unpaired) electrons. The zero-order chi connectivity index (χ0) is 26.8. The number of esters is 4. The SMILES string of the molecule is COC(=O)C1=C(C(=O)OC)SC(=C(C=O)CCCCC(C=O)=C2SC(C(=O)OC)=C(C(=O)OC)S2)S1. The molecule has 0 atom stereocenters. The molecule has 0 aliphatic carbocycles. The van der Waals surface area contributed by atoms with Gasteiger partial charge in [0.1, 0.15) is 32.2 Å². The molecule has 2 rings (SSSR count). The molecule has 14 heteroatoms. The van der Waals surface area contributed by atoms with Crippen LogP contribution in [0.3, 0.4) is 0 Å². The molecule has 2 aliphatic rings.